The average Bonchev–Trinajstić information content (AvgIpc) is 2.77. The molecule has 0 unspecified atom stereocenters. The first-order chi connectivity index (χ1) is 20.9. The smallest absolute Gasteiger partial charge is 0.306 e. The second kappa shape index (κ2) is 16.3. The minimum absolute atomic E-state index is 0.129. The molecule has 0 N–H and O–H groups in total. The molecule has 0 spiro atoms. The molecular formula is C34H72N2O8Si4. The summed E-state index contributed by atoms with van der Waals surface area (Å²) in [4.78, 5) is 56.7. The van der Waals surface area contributed by atoms with Gasteiger partial charge in [0.1, 0.15) is 0 Å². The second-order valence-electron chi connectivity index (χ2n) is 19.4. The molecule has 48 heavy (non-hydrogen) atoms. The van der Waals surface area contributed by atoms with Crippen molar-refractivity contribution in [2.24, 2.45) is 0 Å². The topological polar surface area (TPSA) is 112 Å². The van der Waals surface area contributed by atoms with Crippen molar-refractivity contribution in [1.82, 2.24) is 9.80 Å². The molecule has 0 atom stereocenters. The van der Waals surface area contributed by atoms with E-state index in [0.717, 1.165) is 0 Å². The van der Waals surface area contributed by atoms with Crippen LogP contribution in [-0.4, -0.2) is 106 Å². The van der Waals surface area contributed by atoms with Gasteiger partial charge in [0.05, 0.1) is 26.2 Å². The third-order valence-electron chi connectivity index (χ3n) is 10.8. The highest BCUT2D eigenvalue weighted by molar-refractivity contribution is 6.76. The Morgan fingerprint density at radius 2 is 0.521 bits per heavy atom. The number of carbonyl (C=O) groups is 4. The molecule has 282 valence electrons. The molecule has 0 saturated heterocycles. The lowest BCUT2D eigenvalue weighted by Gasteiger charge is -2.38. The summed E-state index contributed by atoms with van der Waals surface area (Å²) in [7, 11) is -9.65. The van der Waals surface area contributed by atoms with Gasteiger partial charge in [-0.1, -0.05) is 83.1 Å². The molecule has 14 heteroatoms. The van der Waals surface area contributed by atoms with Crippen molar-refractivity contribution in [1.29, 1.82) is 0 Å². The van der Waals surface area contributed by atoms with Crippen molar-refractivity contribution in [2.45, 2.75) is 156 Å². The lowest BCUT2D eigenvalue weighted by Crippen LogP contribution is -2.50. The Hall–Kier alpha value is -1.33. The molecule has 0 aromatic heterocycles. The molecule has 0 aliphatic heterocycles. The molecule has 0 saturated carbocycles. The maximum absolute atomic E-state index is 13.3. The molecule has 0 aliphatic carbocycles. The van der Waals surface area contributed by atoms with E-state index < -0.39 is 57.1 Å². The predicted molar refractivity (Wildman–Crippen MR) is 206 cm³/mol. The highest BCUT2D eigenvalue weighted by atomic mass is 28.4. The minimum Gasteiger partial charge on any atom is -0.518 e. The monoisotopic (exact) mass is 748 g/mol. The van der Waals surface area contributed by atoms with Crippen LogP contribution >= 0.6 is 0 Å². The fraction of sp³-hybridized carbons (Fsp3) is 0.882. The van der Waals surface area contributed by atoms with Gasteiger partial charge in [-0.25, -0.2) is 0 Å². The summed E-state index contributed by atoms with van der Waals surface area (Å²) in [6.45, 7) is 40.7. The SMILES string of the molecule is CC(C)(C)[Si](C)(C)OC(=O)CN(CCN(CC(=O)O[Si](C)(C)C(C)(C)C)CC(=O)O[Si](C)(C)C(C)(C)C)CC(=O)O[Si](C)(C)C(C)(C)C. The third kappa shape index (κ3) is 14.9. The number of hydrogen-bond donors (Lipinski definition) is 0. The number of hydrogen-bond acceptors (Lipinski definition) is 10. The lowest BCUT2D eigenvalue weighted by molar-refractivity contribution is -0.143. The molecule has 0 aliphatic rings. The first-order valence-corrected chi connectivity index (χ1v) is 28.9. The molecule has 10 nitrogen and oxygen atoms in total. The van der Waals surface area contributed by atoms with Crippen LogP contribution in [0.3, 0.4) is 0 Å². The highest BCUT2D eigenvalue weighted by Gasteiger charge is 2.44. The molecule has 0 radical (unpaired) electrons. The van der Waals surface area contributed by atoms with Crippen molar-refractivity contribution in [2.75, 3.05) is 39.3 Å². The maximum atomic E-state index is 13.3. The largest absolute Gasteiger partial charge is 0.518 e. The van der Waals surface area contributed by atoms with Crippen LogP contribution in [0.4, 0.5) is 0 Å². The van der Waals surface area contributed by atoms with Gasteiger partial charge in [-0.2, -0.15) is 0 Å². The molecule has 0 heterocycles. The van der Waals surface area contributed by atoms with Gasteiger partial charge < -0.3 is 17.7 Å². The van der Waals surface area contributed by atoms with Crippen molar-refractivity contribution in [3.63, 3.8) is 0 Å². The molecular weight excluding hydrogens is 677 g/mol. The molecule has 0 aromatic rings. The van der Waals surface area contributed by atoms with E-state index >= 15 is 0 Å². The Kier molecular flexibility index (Phi) is 15.9. The number of rotatable bonds is 15. The van der Waals surface area contributed by atoms with Crippen molar-refractivity contribution >= 4 is 57.1 Å². The van der Waals surface area contributed by atoms with Crippen LogP contribution < -0.4 is 0 Å². The summed E-state index contributed by atoms with van der Waals surface area (Å²) < 4.78 is 24.2. The highest BCUT2D eigenvalue weighted by Crippen LogP contribution is 2.39. The standard InChI is InChI=1S/C34H72N2O8Si4/c1-31(2,3)45(13,14)41-27(37)23-35(24-28(38)42-46(15,16)32(4,5)6)21-22-36(25-29(39)43-47(17,18)33(7,8)9)26-30(40)44-48(19,20)34(10,11)12/h21-26H2,1-20H3. The molecule has 0 fully saturated rings. The van der Waals surface area contributed by atoms with Gasteiger partial charge in [0.15, 0.2) is 0 Å². The summed E-state index contributed by atoms with van der Waals surface area (Å²) in [6.07, 6.45) is 0. The number of nitrogens with zero attached hydrogens (tertiary/aromatic N) is 2. The van der Waals surface area contributed by atoms with E-state index in [2.05, 4.69) is 83.1 Å². The van der Waals surface area contributed by atoms with Gasteiger partial charge in [-0.15, -0.1) is 0 Å². The summed E-state index contributed by atoms with van der Waals surface area (Å²) in [6, 6.07) is 0. The van der Waals surface area contributed by atoms with E-state index in [1.54, 1.807) is 9.80 Å². The van der Waals surface area contributed by atoms with Gasteiger partial charge in [0.25, 0.3) is 33.3 Å². The average molecular weight is 749 g/mol. The lowest BCUT2D eigenvalue weighted by atomic mass is 10.2. The van der Waals surface area contributed by atoms with E-state index in [1.165, 1.54) is 0 Å². The van der Waals surface area contributed by atoms with E-state index in [4.69, 9.17) is 17.7 Å². The third-order valence-corrected chi connectivity index (χ3v) is 28.2. The van der Waals surface area contributed by atoms with E-state index in [0.29, 0.717) is 0 Å². The fourth-order valence-corrected chi connectivity index (χ4v) is 7.08. The van der Waals surface area contributed by atoms with Crippen LogP contribution in [0.2, 0.25) is 72.5 Å². The van der Waals surface area contributed by atoms with Crippen LogP contribution in [-0.2, 0) is 36.9 Å². The Labute approximate surface area is 297 Å². The maximum Gasteiger partial charge on any atom is 0.306 e. The Morgan fingerprint density at radius 1 is 0.375 bits per heavy atom. The number of carbonyl (C=O) groups excluding carboxylic acids is 4. The van der Waals surface area contributed by atoms with E-state index in [-0.39, 0.29) is 59.4 Å². The summed E-state index contributed by atoms with van der Waals surface area (Å²) in [5.74, 6) is -1.66. The van der Waals surface area contributed by atoms with Crippen LogP contribution in [0.1, 0.15) is 83.1 Å². The minimum atomic E-state index is -2.41. The Balaban J connectivity index is 6.32. The Morgan fingerprint density at radius 3 is 0.646 bits per heavy atom. The zero-order chi connectivity index (χ0) is 38.5. The summed E-state index contributed by atoms with van der Waals surface area (Å²) in [5, 5.41) is -0.720. The van der Waals surface area contributed by atoms with Crippen molar-refractivity contribution in [3.8, 4) is 0 Å². The quantitative estimate of drug-likeness (QED) is 0.154. The van der Waals surface area contributed by atoms with Crippen LogP contribution in [0.25, 0.3) is 0 Å². The molecule has 0 amide bonds. The van der Waals surface area contributed by atoms with Gasteiger partial charge in [-0.3, -0.25) is 29.0 Å². The molecule has 0 rings (SSSR count). The normalized spacial score (nSPS) is 14.2. The zero-order valence-corrected chi connectivity index (χ0v) is 38.4. The van der Waals surface area contributed by atoms with Gasteiger partial charge in [0, 0.05) is 13.1 Å². The van der Waals surface area contributed by atoms with E-state index in [1.807, 2.05) is 52.4 Å². The van der Waals surface area contributed by atoms with Gasteiger partial charge >= 0.3 is 23.9 Å². The first kappa shape index (κ1) is 46.7. The van der Waals surface area contributed by atoms with Crippen molar-refractivity contribution < 1.29 is 36.9 Å². The van der Waals surface area contributed by atoms with Crippen LogP contribution in [0.5, 0.6) is 0 Å². The summed E-state index contributed by atoms with van der Waals surface area (Å²) >= 11 is 0. The van der Waals surface area contributed by atoms with Crippen LogP contribution in [0.15, 0.2) is 0 Å². The molecule has 0 aromatic carbocycles. The fourth-order valence-electron chi connectivity index (χ4n) is 3.32. The van der Waals surface area contributed by atoms with Gasteiger partial charge in [-0.05, 0) is 72.5 Å². The first-order valence-electron chi connectivity index (χ1n) is 17.3. The van der Waals surface area contributed by atoms with Gasteiger partial charge in [0.2, 0.25) is 0 Å². The summed E-state index contributed by atoms with van der Waals surface area (Å²) in [5.41, 5.74) is 0. The second-order valence-corrected chi connectivity index (χ2v) is 38.3. The van der Waals surface area contributed by atoms with E-state index in [9.17, 15) is 19.2 Å². The van der Waals surface area contributed by atoms with Crippen molar-refractivity contribution in [3.05, 3.63) is 0 Å². The molecule has 0 bridgehead atoms. The predicted octanol–water partition coefficient (Wildman–Crippen LogP) is 7.78. The zero-order valence-electron chi connectivity index (χ0n) is 34.4. The van der Waals surface area contributed by atoms with Crippen LogP contribution in [0, 0.1) is 0 Å². The Bertz CT molecular complexity index is 956.